The van der Waals surface area contributed by atoms with E-state index in [1.807, 2.05) is 0 Å². The topological polar surface area (TPSA) is 26.0 Å². The molecule has 0 saturated carbocycles. The molecule has 4 unspecified atom stereocenters. The fourth-order valence-corrected chi connectivity index (χ4v) is 4.13. The smallest absolute Gasteiger partial charge is 0.0295 e. The second-order valence-electron chi connectivity index (χ2n) is 8.11. The van der Waals surface area contributed by atoms with Gasteiger partial charge in [0.2, 0.25) is 0 Å². The summed E-state index contributed by atoms with van der Waals surface area (Å²) in [6.45, 7) is 4.75. The van der Waals surface area contributed by atoms with Crippen molar-refractivity contribution in [1.82, 2.24) is 0 Å². The van der Waals surface area contributed by atoms with Crippen LogP contribution in [0.3, 0.4) is 0 Å². The molecule has 0 aliphatic heterocycles. The molecule has 0 saturated heterocycles. The normalized spacial score (nSPS) is 15.5. The van der Waals surface area contributed by atoms with Crippen molar-refractivity contribution in [2.45, 2.75) is 51.0 Å². The molecular weight excluding hydrogens is 338 g/mol. The Morgan fingerprint density at radius 3 is 1.61 bits per heavy atom. The summed E-state index contributed by atoms with van der Waals surface area (Å²) >= 11 is 0. The summed E-state index contributed by atoms with van der Waals surface area (Å²) in [5.74, 6) is 1.70. The zero-order chi connectivity index (χ0) is 19.8. The largest absolute Gasteiger partial charge is 0.324 e. The highest BCUT2D eigenvalue weighted by Crippen LogP contribution is 2.36. The van der Waals surface area contributed by atoms with Crippen molar-refractivity contribution >= 4 is 0 Å². The van der Waals surface area contributed by atoms with Crippen molar-refractivity contribution in [3.05, 3.63) is 108 Å². The van der Waals surface area contributed by atoms with Crippen LogP contribution in [0.25, 0.3) is 0 Å². The summed E-state index contributed by atoms with van der Waals surface area (Å²) in [5, 5.41) is 0. The van der Waals surface area contributed by atoms with Crippen molar-refractivity contribution in [1.29, 1.82) is 0 Å². The van der Waals surface area contributed by atoms with E-state index >= 15 is 0 Å². The number of rotatable bonds is 9. The second kappa shape index (κ2) is 10.2. The zero-order valence-electron chi connectivity index (χ0n) is 17.2. The van der Waals surface area contributed by atoms with Gasteiger partial charge in [0.15, 0.2) is 0 Å². The molecule has 3 aromatic carbocycles. The van der Waals surface area contributed by atoms with Gasteiger partial charge in [-0.2, -0.15) is 0 Å². The Morgan fingerprint density at radius 1 is 0.607 bits per heavy atom. The van der Waals surface area contributed by atoms with Crippen LogP contribution in [0.15, 0.2) is 91.0 Å². The van der Waals surface area contributed by atoms with Gasteiger partial charge in [0, 0.05) is 6.04 Å². The fourth-order valence-electron chi connectivity index (χ4n) is 4.13. The fraction of sp³-hybridized carbons (Fsp3) is 0.333. The molecule has 0 aliphatic rings. The van der Waals surface area contributed by atoms with E-state index in [1.165, 1.54) is 23.1 Å². The van der Waals surface area contributed by atoms with Gasteiger partial charge in [0.05, 0.1) is 0 Å². The molecule has 0 radical (unpaired) electrons. The standard InChI is InChI=1S/C27H33N/c1-21(22(2)23-12-6-3-7-13-23)20-26(24-14-8-4-9-15-24)18-19-27(28)25-16-10-5-11-17-25/h3-17,21-22,26-27H,18-20,28H2,1-2H3. The van der Waals surface area contributed by atoms with E-state index in [4.69, 9.17) is 5.73 Å². The van der Waals surface area contributed by atoms with Gasteiger partial charge in [-0.15, -0.1) is 0 Å². The summed E-state index contributed by atoms with van der Waals surface area (Å²) in [7, 11) is 0. The minimum absolute atomic E-state index is 0.106. The number of hydrogen-bond donors (Lipinski definition) is 1. The second-order valence-corrected chi connectivity index (χ2v) is 8.11. The van der Waals surface area contributed by atoms with Crippen molar-refractivity contribution in [2.75, 3.05) is 0 Å². The molecular formula is C27H33N. The van der Waals surface area contributed by atoms with E-state index in [-0.39, 0.29) is 6.04 Å². The van der Waals surface area contributed by atoms with Crippen LogP contribution in [0.5, 0.6) is 0 Å². The molecule has 0 fully saturated rings. The van der Waals surface area contributed by atoms with Crippen LogP contribution in [-0.4, -0.2) is 0 Å². The van der Waals surface area contributed by atoms with Gasteiger partial charge in [-0.1, -0.05) is 105 Å². The van der Waals surface area contributed by atoms with E-state index in [0.717, 1.165) is 12.8 Å². The Bertz CT molecular complexity index is 797. The van der Waals surface area contributed by atoms with Crippen LogP contribution in [0.2, 0.25) is 0 Å². The Labute approximate surface area is 170 Å². The number of benzene rings is 3. The highest BCUT2D eigenvalue weighted by Gasteiger charge is 2.21. The van der Waals surface area contributed by atoms with Crippen molar-refractivity contribution < 1.29 is 0 Å². The summed E-state index contributed by atoms with van der Waals surface area (Å²) in [6.07, 6.45) is 3.31. The number of nitrogens with two attached hydrogens (primary N) is 1. The zero-order valence-corrected chi connectivity index (χ0v) is 17.2. The minimum atomic E-state index is 0.106. The molecule has 28 heavy (non-hydrogen) atoms. The van der Waals surface area contributed by atoms with E-state index in [0.29, 0.717) is 17.8 Å². The van der Waals surface area contributed by atoms with Gasteiger partial charge in [-0.3, -0.25) is 0 Å². The quantitative estimate of drug-likeness (QED) is 0.427. The first-order valence-corrected chi connectivity index (χ1v) is 10.6. The molecule has 2 N–H and O–H groups in total. The molecule has 0 heterocycles. The third kappa shape index (κ3) is 5.56. The van der Waals surface area contributed by atoms with E-state index in [1.54, 1.807) is 0 Å². The maximum atomic E-state index is 6.50. The lowest BCUT2D eigenvalue weighted by atomic mass is 9.78. The first kappa shape index (κ1) is 20.4. The average molecular weight is 372 g/mol. The maximum absolute atomic E-state index is 6.50. The third-order valence-corrected chi connectivity index (χ3v) is 6.16. The molecule has 0 amide bonds. The van der Waals surface area contributed by atoms with Crippen molar-refractivity contribution in [3.63, 3.8) is 0 Å². The van der Waals surface area contributed by atoms with Crippen molar-refractivity contribution in [2.24, 2.45) is 11.7 Å². The predicted octanol–water partition coefficient (Wildman–Crippen LogP) is 7.08. The van der Waals surface area contributed by atoms with Crippen molar-refractivity contribution in [3.8, 4) is 0 Å². The van der Waals surface area contributed by atoms with E-state index in [2.05, 4.69) is 105 Å². The Balaban J connectivity index is 1.69. The van der Waals surface area contributed by atoms with Gasteiger partial charge in [-0.25, -0.2) is 0 Å². The van der Waals surface area contributed by atoms with Crippen LogP contribution in [0.4, 0.5) is 0 Å². The molecule has 0 aliphatic carbocycles. The first-order valence-electron chi connectivity index (χ1n) is 10.6. The molecule has 4 atom stereocenters. The van der Waals surface area contributed by atoms with Crippen LogP contribution < -0.4 is 5.73 Å². The molecule has 0 bridgehead atoms. The summed E-state index contributed by atoms with van der Waals surface area (Å²) in [4.78, 5) is 0. The lowest BCUT2D eigenvalue weighted by molar-refractivity contribution is 0.386. The molecule has 0 spiro atoms. The summed E-state index contributed by atoms with van der Waals surface area (Å²) < 4.78 is 0. The highest BCUT2D eigenvalue weighted by atomic mass is 14.6. The Morgan fingerprint density at radius 2 is 1.07 bits per heavy atom. The summed E-state index contributed by atoms with van der Waals surface area (Å²) in [6, 6.07) is 32.5. The molecule has 146 valence electrons. The minimum Gasteiger partial charge on any atom is -0.324 e. The SMILES string of the molecule is CC(CC(CCC(N)c1ccccc1)c1ccccc1)C(C)c1ccccc1. The van der Waals surface area contributed by atoms with Gasteiger partial charge in [-0.05, 0) is 53.7 Å². The first-order chi connectivity index (χ1) is 13.6. The van der Waals surface area contributed by atoms with Gasteiger partial charge >= 0.3 is 0 Å². The third-order valence-electron chi connectivity index (χ3n) is 6.16. The van der Waals surface area contributed by atoms with Crippen LogP contribution >= 0.6 is 0 Å². The average Bonchev–Trinajstić information content (AvgIpc) is 2.77. The molecule has 1 heteroatoms. The lowest BCUT2D eigenvalue weighted by Crippen LogP contribution is -2.15. The lowest BCUT2D eigenvalue weighted by Gasteiger charge is -2.27. The van der Waals surface area contributed by atoms with Crippen LogP contribution in [-0.2, 0) is 0 Å². The van der Waals surface area contributed by atoms with Crippen LogP contribution in [0.1, 0.15) is 67.7 Å². The van der Waals surface area contributed by atoms with Gasteiger partial charge < -0.3 is 5.73 Å². The molecule has 1 nitrogen and oxygen atoms in total. The molecule has 3 rings (SSSR count). The van der Waals surface area contributed by atoms with Gasteiger partial charge in [0.25, 0.3) is 0 Å². The maximum Gasteiger partial charge on any atom is 0.0295 e. The molecule has 0 aromatic heterocycles. The van der Waals surface area contributed by atoms with Crippen LogP contribution in [0, 0.1) is 5.92 Å². The van der Waals surface area contributed by atoms with E-state index < -0.39 is 0 Å². The highest BCUT2D eigenvalue weighted by molar-refractivity contribution is 5.23. The Kier molecular flexibility index (Phi) is 7.45. The number of hydrogen-bond acceptors (Lipinski definition) is 1. The Hall–Kier alpha value is -2.38. The van der Waals surface area contributed by atoms with E-state index in [9.17, 15) is 0 Å². The molecule has 3 aromatic rings. The summed E-state index contributed by atoms with van der Waals surface area (Å²) in [5.41, 5.74) is 10.6. The monoisotopic (exact) mass is 371 g/mol. The predicted molar refractivity (Wildman–Crippen MR) is 120 cm³/mol. The van der Waals surface area contributed by atoms with Gasteiger partial charge in [0.1, 0.15) is 0 Å².